The molecule has 108 valence electrons. The maximum atomic E-state index is 12.2. The van der Waals surface area contributed by atoms with Crippen LogP contribution in [0, 0.1) is 0 Å². The van der Waals surface area contributed by atoms with Crippen molar-refractivity contribution in [2.45, 2.75) is 29.3 Å². The third-order valence-electron chi connectivity index (χ3n) is 2.79. The van der Waals surface area contributed by atoms with E-state index in [2.05, 4.69) is 0 Å². The van der Waals surface area contributed by atoms with E-state index < -0.39 is 11.6 Å². The van der Waals surface area contributed by atoms with Gasteiger partial charge in [0.05, 0.1) is 6.10 Å². The van der Waals surface area contributed by atoms with Crippen LogP contribution in [0.25, 0.3) is 0 Å². The first kappa shape index (κ1) is 15.4. The molecule has 6 heteroatoms. The maximum absolute atomic E-state index is 12.2. The lowest BCUT2D eigenvalue weighted by atomic mass is 10.0. The van der Waals surface area contributed by atoms with Crippen LogP contribution in [0.4, 0.5) is 13.2 Å². The number of hydrogen-bond acceptors (Lipinski definition) is 3. The Morgan fingerprint density at radius 1 is 1.15 bits per heavy atom. The summed E-state index contributed by atoms with van der Waals surface area (Å²) in [5.41, 5.74) is -2.47. The van der Waals surface area contributed by atoms with E-state index in [0.29, 0.717) is 12.0 Å². The Labute approximate surface area is 123 Å². The van der Waals surface area contributed by atoms with Crippen molar-refractivity contribution in [1.29, 1.82) is 0 Å². The Hall–Kier alpha value is -0.980. The molecule has 2 aromatic rings. The van der Waals surface area contributed by atoms with Crippen molar-refractivity contribution >= 4 is 23.1 Å². The Kier molecular flexibility index (Phi) is 5.12. The number of benzene rings is 1. The molecule has 0 aliphatic heterocycles. The Balaban J connectivity index is 1.91. The molecular formula is C14H13F3OS2. The average molecular weight is 318 g/mol. The van der Waals surface area contributed by atoms with E-state index in [1.807, 2.05) is 16.8 Å². The minimum atomic E-state index is -4.28. The molecule has 0 aliphatic carbocycles. The van der Waals surface area contributed by atoms with E-state index in [0.717, 1.165) is 6.42 Å². The fourth-order valence-corrected chi connectivity index (χ4v) is 3.04. The summed E-state index contributed by atoms with van der Waals surface area (Å²) in [6.07, 6.45) is 0.659. The van der Waals surface area contributed by atoms with Crippen molar-refractivity contribution < 1.29 is 18.3 Å². The highest BCUT2D eigenvalue weighted by molar-refractivity contribution is 8.00. The van der Waals surface area contributed by atoms with Crippen LogP contribution in [-0.2, 0) is 6.42 Å². The fourth-order valence-electron chi connectivity index (χ4n) is 1.80. The fraction of sp³-hybridized carbons (Fsp3) is 0.286. The number of aliphatic hydroxyl groups excluding tert-OH is 1. The lowest BCUT2D eigenvalue weighted by molar-refractivity contribution is -0.0328. The molecule has 0 radical (unpaired) electrons. The summed E-state index contributed by atoms with van der Waals surface area (Å²) in [5.74, 6) is 0. The minimum absolute atomic E-state index is 0.131. The lowest BCUT2D eigenvalue weighted by Gasteiger charge is -2.11. The number of thiophene rings is 1. The zero-order valence-electron chi connectivity index (χ0n) is 10.4. The van der Waals surface area contributed by atoms with Gasteiger partial charge >= 0.3 is 5.51 Å². The Morgan fingerprint density at radius 3 is 2.40 bits per heavy atom. The molecule has 1 atom stereocenters. The predicted molar refractivity (Wildman–Crippen MR) is 76.0 cm³/mol. The molecule has 0 spiro atoms. The highest BCUT2D eigenvalue weighted by atomic mass is 32.2. The van der Waals surface area contributed by atoms with Gasteiger partial charge in [0.15, 0.2) is 0 Å². The molecule has 1 aromatic carbocycles. The van der Waals surface area contributed by atoms with Gasteiger partial charge in [0, 0.05) is 4.90 Å². The standard InChI is InChI=1S/C14H13F3OS2/c15-14(16,17)20-12-4-2-11(3-5-12)13(18)6-1-10-7-8-19-9-10/h2-5,7-9,13,18H,1,6H2. The van der Waals surface area contributed by atoms with Crippen molar-refractivity contribution in [3.05, 3.63) is 52.2 Å². The van der Waals surface area contributed by atoms with Crippen molar-refractivity contribution in [1.82, 2.24) is 0 Å². The summed E-state index contributed by atoms with van der Waals surface area (Å²) in [5, 5.41) is 14.0. The molecule has 0 saturated carbocycles. The molecule has 2 rings (SSSR count). The molecule has 1 aromatic heterocycles. The van der Waals surface area contributed by atoms with E-state index in [4.69, 9.17) is 0 Å². The smallest absolute Gasteiger partial charge is 0.388 e. The quantitative estimate of drug-likeness (QED) is 0.781. The topological polar surface area (TPSA) is 20.2 Å². The highest BCUT2D eigenvalue weighted by Crippen LogP contribution is 2.37. The number of aryl methyl sites for hydroxylation is 1. The molecule has 1 heterocycles. The van der Waals surface area contributed by atoms with Gasteiger partial charge in [-0.2, -0.15) is 24.5 Å². The van der Waals surface area contributed by atoms with Crippen LogP contribution in [0.15, 0.2) is 46.0 Å². The van der Waals surface area contributed by atoms with E-state index in [9.17, 15) is 18.3 Å². The average Bonchev–Trinajstić information content (AvgIpc) is 2.88. The first-order valence-corrected chi connectivity index (χ1v) is 7.75. The van der Waals surface area contributed by atoms with Gasteiger partial charge in [0.2, 0.25) is 0 Å². The summed E-state index contributed by atoms with van der Waals surface area (Å²) in [4.78, 5) is 0.131. The van der Waals surface area contributed by atoms with Gasteiger partial charge in [0.25, 0.3) is 0 Å². The Bertz CT molecular complexity index is 520. The number of alkyl halides is 3. The normalized spacial score (nSPS) is 13.4. The number of aliphatic hydroxyl groups is 1. The predicted octanol–water partition coefficient (Wildman–Crippen LogP) is 5.03. The summed E-state index contributed by atoms with van der Waals surface area (Å²) >= 11 is 1.46. The van der Waals surface area contributed by atoms with E-state index in [1.54, 1.807) is 23.5 Å². The molecule has 1 N–H and O–H groups in total. The zero-order chi connectivity index (χ0) is 14.6. The van der Waals surface area contributed by atoms with Gasteiger partial charge < -0.3 is 5.11 Å². The molecule has 1 unspecified atom stereocenters. The molecule has 0 amide bonds. The summed E-state index contributed by atoms with van der Waals surface area (Å²) in [6, 6.07) is 7.88. The maximum Gasteiger partial charge on any atom is 0.446 e. The Morgan fingerprint density at radius 2 is 1.85 bits per heavy atom. The van der Waals surface area contributed by atoms with E-state index in [1.165, 1.54) is 17.7 Å². The lowest BCUT2D eigenvalue weighted by Crippen LogP contribution is -2.01. The molecular weight excluding hydrogens is 305 g/mol. The molecule has 0 fully saturated rings. The second-order valence-electron chi connectivity index (χ2n) is 4.30. The van der Waals surface area contributed by atoms with Crippen LogP contribution in [0.1, 0.15) is 23.7 Å². The van der Waals surface area contributed by atoms with E-state index >= 15 is 0 Å². The number of rotatable bonds is 5. The van der Waals surface area contributed by atoms with Gasteiger partial charge in [-0.15, -0.1) is 0 Å². The molecule has 20 heavy (non-hydrogen) atoms. The van der Waals surface area contributed by atoms with Gasteiger partial charge in [0.1, 0.15) is 0 Å². The van der Waals surface area contributed by atoms with Crippen molar-refractivity contribution in [2.24, 2.45) is 0 Å². The summed E-state index contributed by atoms with van der Waals surface area (Å²) < 4.78 is 36.6. The summed E-state index contributed by atoms with van der Waals surface area (Å²) in [6.45, 7) is 0. The number of thioether (sulfide) groups is 1. The molecule has 1 nitrogen and oxygen atoms in total. The molecule has 0 aliphatic rings. The molecule has 0 bridgehead atoms. The zero-order valence-corrected chi connectivity index (χ0v) is 12.1. The van der Waals surface area contributed by atoms with Crippen LogP contribution >= 0.6 is 23.1 Å². The van der Waals surface area contributed by atoms with Crippen LogP contribution in [0.5, 0.6) is 0 Å². The first-order valence-electron chi connectivity index (χ1n) is 5.99. The minimum Gasteiger partial charge on any atom is -0.388 e. The van der Waals surface area contributed by atoms with Crippen LogP contribution in [0.3, 0.4) is 0 Å². The van der Waals surface area contributed by atoms with Crippen LogP contribution in [0.2, 0.25) is 0 Å². The van der Waals surface area contributed by atoms with E-state index in [-0.39, 0.29) is 16.7 Å². The largest absolute Gasteiger partial charge is 0.446 e. The van der Waals surface area contributed by atoms with Gasteiger partial charge in [-0.3, -0.25) is 0 Å². The van der Waals surface area contributed by atoms with Gasteiger partial charge in [-0.25, -0.2) is 0 Å². The number of hydrogen-bond donors (Lipinski definition) is 1. The van der Waals surface area contributed by atoms with Crippen molar-refractivity contribution in [2.75, 3.05) is 0 Å². The summed E-state index contributed by atoms with van der Waals surface area (Å²) in [7, 11) is 0. The van der Waals surface area contributed by atoms with Gasteiger partial charge in [-0.05, 0) is 64.7 Å². The SMILES string of the molecule is OC(CCc1ccsc1)c1ccc(SC(F)(F)F)cc1. The first-order chi connectivity index (χ1) is 9.44. The third kappa shape index (κ3) is 4.85. The molecule has 0 saturated heterocycles. The number of halogens is 3. The van der Waals surface area contributed by atoms with Gasteiger partial charge in [-0.1, -0.05) is 12.1 Å². The highest BCUT2D eigenvalue weighted by Gasteiger charge is 2.29. The van der Waals surface area contributed by atoms with Crippen molar-refractivity contribution in [3.63, 3.8) is 0 Å². The van der Waals surface area contributed by atoms with Crippen molar-refractivity contribution in [3.8, 4) is 0 Å². The monoisotopic (exact) mass is 318 g/mol. The van der Waals surface area contributed by atoms with Crippen LogP contribution in [-0.4, -0.2) is 10.6 Å². The second kappa shape index (κ2) is 6.65. The second-order valence-corrected chi connectivity index (χ2v) is 6.22. The third-order valence-corrected chi connectivity index (χ3v) is 4.26. The van der Waals surface area contributed by atoms with Crippen LogP contribution < -0.4 is 0 Å².